The fourth-order valence-electron chi connectivity index (χ4n) is 3.16. The normalized spacial score (nSPS) is 27.1. The van der Waals surface area contributed by atoms with Gasteiger partial charge in [-0.2, -0.15) is 0 Å². The molecule has 18 heavy (non-hydrogen) atoms. The van der Waals surface area contributed by atoms with Crippen LogP contribution < -0.4 is 11.1 Å². The Labute approximate surface area is 110 Å². The molecule has 0 bridgehead atoms. The highest BCUT2D eigenvalue weighted by molar-refractivity contribution is 5.82. The molecular formula is C14H26N2O2. The zero-order valence-electron chi connectivity index (χ0n) is 11.2. The summed E-state index contributed by atoms with van der Waals surface area (Å²) in [7, 11) is 0. The summed E-state index contributed by atoms with van der Waals surface area (Å²) >= 11 is 0. The Morgan fingerprint density at radius 2 is 2.06 bits per heavy atom. The number of hydrogen-bond donors (Lipinski definition) is 2. The molecule has 104 valence electrons. The molecule has 0 radical (unpaired) electrons. The lowest BCUT2D eigenvalue weighted by Crippen LogP contribution is -2.47. The summed E-state index contributed by atoms with van der Waals surface area (Å²) < 4.78 is 5.56. The van der Waals surface area contributed by atoms with Crippen LogP contribution in [0.4, 0.5) is 0 Å². The average Bonchev–Trinajstić information content (AvgIpc) is 2.92. The van der Waals surface area contributed by atoms with E-state index in [1.165, 1.54) is 6.42 Å². The van der Waals surface area contributed by atoms with Crippen LogP contribution in [0.5, 0.6) is 0 Å². The van der Waals surface area contributed by atoms with E-state index in [4.69, 9.17) is 10.5 Å². The van der Waals surface area contributed by atoms with E-state index in [1.807, 2.05) is 0 Å². The molecule has 4 nitrogen and oxygen atoms in total. The Morgan fingerprint density at radius 1 is 1.28 bits per heavy atom. The van der Waals surface area contributed by atoms with Crippen molar-refractivity contribution in [3.63, 3.8) is 0 Å². The minimum absolute atomic E-state index is 0.169. The maximum absolute atomic E-state index is 12.3. The molecule has 0 aromatic heterocycles. The largest absolute Gasteiger partial charge is 0.378 e. The van der Waals surface area contributed by atoms with Gasteiger partial charge in [-0.15, -0.1) is 0 Å². The highest BCUT2D eigenvalue weighted by Gasteiger charge is 2.37. The molecule has 2 aliphatic rings. The van der Waals surface area contributed by atoms with Gasteiger partial charge in [-0.3, -0.25) is 4.79 Å². The van der Waals surface area contributed by atoms with Crippen molar-refractivity contribution in [1.29, 1.82) is 0 Å². The summed E-state index contributed by atoms with van der Waals surface area (Å²) in [6.07, 6.45) is 9.00. The van der Waals surface area contributed by atoms with Crippen molar-refractivity contribution in [1.82, 2.24) is 5.32 Å². The number of amides is 1. The minimum Gasteiger partial charge on any atom is -0.378 e. The molecule has 2 fully saturated rings. The number of carbonyl (C=O) groups is 1. The second-order valence-electron chi connectivity index (χ2n) is 5.72. The zero-order valence-corrected chi connectivity index (χ0v) is 11.2. The van der Waals surface area contributed by atoms with Gasteiger partial charge >= 0.3 is 0 Å². The molecule has 1 amide bonds. The SMILES string of the molecule is NCC1(C(=O)NCCC2CCCO2)CCCCC1. The summed E-state index contributed by atoms with van der Waals surface area (Å²) in [5.41, 5.74) is 5.56. The van der Waals surface area contributed by atoms with Crippen LogP contribution in [0, 0.1) is 5.41 Å². The van der Waals surface area contributed by atoms with E-state index >= 15 is 0 Å². The predicted octanol–water partition coefficient (Wildman–Crippen LogP) is 1.58. The van der Waals surface area contributed by atoms with Crippen LogP contribution in [0.2, 0.25) is 0 Å². The highest BCUT2D eigenvalue weighted by Crippen LogP contribution is 2.35. The van der Waals surface area contributed by atoms with Gasteiger partial charge in [0, 0.05) is 19.7 Å². The van der Waals surface area contributed by atoms with E-state index < -0.39 is 0 Å². The molecule has 1 saturated heterocycles. The van der Waals surface area contributed by atoms with Gasteiger partial charge < -0.3 is 15.8 Å². The molecule has 1 aliphatic heterocycles. The summed E-state index contributed by atoms with van der Waals surface area (Å²) in [6.45, 7) is 2.09. The maximum atomic E-state index is 12.3. The van der Waals surface area contributed by atoms with Gasteiger partial charge in [-0.05, 0) is 32.1 Å². The fourth-order valence-corrected chi connectivity index (χ4v) is 3.16. The number of hydrogen-bond acceptors (Lipinski definition) is 3. The van der Waals surface area contributed by atoms with Crippen LogP contribution in [-0.4, -0.2) is 31.7 Å². The Hall–Kier alpha value is -0.610. The van der Waals surface area contributed by atoms with Crippen molar-refractivity contribution in [2.24, 2.45) is 11.1 Å². The Morgan fingerprint density at radius 3 is 2.67 bits per heavy atom. The molecule has 1 unspecified atom stereocenters. The number of ether oxygens (including phenoxy) is 1. The zero-order chi connectivity index (χ0) is 12.8. The molecule has 0 aromatic carbocycles. The quantitative estimate of drug-likeness (QED) is 0.783. The first-order valence-corrected chi connectivity index (χ1v) is 7.37. The molecule has 3 N–H and O–H groups in total. The van der Waals surface area contributed by atoms with E-state index in [9.17, 15) is 4.79 Å². The summed E-state index contributed by atoms with van der Waals surface area (Å²) in [6, 6.07) is 0. The first kappa shape index (κ1) is 13.8. The molecule has 1 saturated carbocycles. The lowest BCUT2D eigenvalue weighted by atomic mass is 9.73. The number of rotatable bonds is 5. The summed E-state index contributed by atoms with van der Waals surface area (Å²) in [5.74, 6) is 0.169. The van der Waals surface area contributed by atoms with Gasteiger partial charge in [-0.25, -0.2) is 0 Å². The van der Waals surface area contributed by atoms with Crippen LogP contribution in [0.25, 0.3) is 0 Å². The van der Waals surface area contributed by atoms with Gasteiger partial charge in [0.2, 0.25) is 5.91 Å². The number of nitrogens with one attached hydrogen (secondary N) is 1. The van der Waals surface area contributed by atoms with Crippen molar-refractivity contribution in [3.8, 4) is 0 Å². The van der Waals surface area contributed by atoms with E-state index in [0.717, 1.165) is 58.1 Å². The van der Waals surface area contributed by atoms with E-state index in [-0.39, 0.29) is 11.3 Å². The molecule has 2 rings (SSSR count). The van der Waals surface area contributed by atoms with Gasteiger partial charge in [0.15, 0.2) is 0 Å². The maximum Gasteiger partial charge on any atom is 0.227 e. The molecule has 1 heterocycles. The smallest absolute Gasteiger partial charge is 0.227 e. The molecule has 1 atom stereocenters. The van der Waals surface area contributed by atoms with Crippen molar-refractivity contribution in [2.45, 2.75) is 57.5 Å². The molecule has 1 aliphatic carbocycles. The molecule has 0 aromatic rings. The topological polar surface area (TPSA) is 64.4 Å². The van der Waals surface area contributed by atoms with Crippen molar-refractivity contribution in [2.75, 3.05) is 19.7 Å². The fraction of sp³-hybridized carbons (Fsp3) is 0.929. The number of carbonyl (C=O) groups excluding carboxylic acids is 1. The van der Waals surface area contributed by atoms with Crippen LogP contribution in [0.1, 0.15) is 51.4 Å². The Balaban J connectivity index is 1.74. The lowest BCUT2D eigenvalue weighted by Gasteiger charge is -2.34. The van der Waals surface area contributed by atoms with Crippen LogP contribution >= 0.6 is 0 Å². The predicted molar refractivity (Wildman–Crippen MR) is 71.2 cm³/mol. The van der Waals surface area contributed by atoms with Crippen molar-refractivity contribution in [3.05, 3.63) is 0 Å². The Kier molecular flexibility index (Phi) is 5.01. The van der Waals surface area contributed by atoms with Crippen molar-refractivity contribution < 1.29 is 9.53 Å². The van der Waals surface area contributed by atoms with Crippen molar-refractivity contribution >= 4 is 5.91 Å². The van der Waals surface area contributed by atoms with Crippen LogP contribution in [-0.2, 0) is 9.53 Å². The first-order valence-electron chi connectivity index (χ1n) is 7.37. The Bertz CT molecular complexity index is 269. The van der Waals surface area contributed by atoms with Gasteiger partial charge in [0.25, 0.3) is 0 Å². The molecule has 0 spiro atoms. The van der Waals surface area contributed by atoms with E-state index in [0.29, 0.717) is 12.6 Å². The summed E-state index contributed by atoms with van der Waals surface area (Å²) in [5, 5.41) is 3.07. The first-order chi connectivity index (χ1) is 8.77. The standard InChI is InChI=1S/C14H26N2O2/c15-11-14(7-2-1-3-8-14)13(17)16-9-6-12-5-4-10-18-12/h12H,1-11,15H2,(H,16,17). The van der Waals surface area contributed by atoms with Crippen LogP contribution in [0.15, 0.2) is 0 Å². The average molecular weight is 254 g/mol. The summed E-state index contributed by atoms with van der Waals surface area (Å²) in [4.78, 5) is 12.3. The highest BCUT2D eigenvalue weighted by atomic mass is 16.5. The monoisotopic (exact) mass is 254 g/mol. The second kappa shape index (κ2) is 6.53. The van der Waals surface area contributed by atoms with E-state index in [2.05, 4.69) is 5.32 Å². The third-order valence-electron chi connectivity index (χ3n) is 4.46. The third kappa shape index (κ3) is 3.23. The van der Waals surface area contributed by atoms with Gasteiger partial charge in [0.1, 0.15) is 0 Å². The van der Waals surface area contributed by atoms with E-state index in [1.54, 1.807) is 0 Å². The molecule has 4 heteroatoms. The van der Waals surface area contributed by atoms with Gasteiger partial charge in [0.05, 0.1) is 11.5 Å². The van der Waals surface area contributed by atoms with Gasteiger partial charge in [-0.1, -0.05) is 19.3 Å². The van der Waals surface area contributed by atoms with Crippen LogP contribution in [0.3, 0.4) is 0 Å². The minimum atomic E-state index is -0.283. The third-order valence-corrected chi connectivity index (χ3v) is 4.46. The number of nitrogens with two attached hydrogens (primary N) is 1. The molecular weight excluding hydrogens is 228 g/mol. The lowest BCUT2D eigenvalue weighted by molar-refractivity contribution is -0.132. The second-order valence-corrected chi connectivity index (χ2v) is 5.72.